The number of rotatable bonds is 6. The number of thiazole rings is 1. The molecule has 1 aromatic carbocycles. The number of benzene rings is 1. The largest absolute Gasteiger partial charge is 0.492 e. The van der Waals surface area contributed by atoms with Crippen molar-refractivity contribution in [2.75, 3.05) is 17.9 Å². The summed E-state index contributed by atoms with van der Waals surface area (Å²) in [6.07, 6.45) is 1.53. The number of sulfonamides is 1. The number of anilines is 1. The maximum Gasteiger partial charge on any atom is 0.263 e. The summed E-state index contributed by atoms with van der Waals surface area (Å²) in [7, 11) is -3.60. The molecule has 0 fully saturated rings. The molecule has 0 radical (unpaired) electrons. The minimum Gasteiger partial charge on any atom is -0.492 e. The Morgan fingerprint density at radius 2 is 2.05 bits per heavy atom. The molecule has 102 valence electrons. The topological polar surface area (TPSA) is 94.3 Å². The zero-order valence-corrected chi connectivity index (χ0v) is 11.6. The lowest BCUT2D eigenvalue weighted by Gasteiger charge is -2.07. The molecule has 19 heavy (non-hydrogen) atoms. The molecule has 0 unspecified atom stereocenters. The standard InChI is InChI=1S/C11H13N3O3S2/c12-5-7-17-9-1-3-10(4-2-9)19(15,16)14-11-13-6-8-18-11/h1-4,6,8H,5,7,12H2,(H,13,14). The Labute approximate surface area is 115 Å². The molecule has 0 saturated heterocycles. The van der Waals surface area contributed by atoms with Crippen LogP contribution >= 0.6 is 11.3 Å². The Morgan fingerprint density at radius 1 is 1.32 bits per heavy atom. The number of nitrogens with zero attached hydrogens (tertiary/aromatic N) is 1. The van der Waals surface area contributed by atoms with E-state index < -0.39 is 10.0 Å². The lowest BCUT2D eigenvalue weighted by atomic mass is 10.3. The molecule has 8 heteroatoms. The van der Waals surface area contributed by atoms with Crippen molar-refractivity contribution in [2.24, 2.45) is 5.73 Å². The molecule has 1 heterocycles. The van der Waals surface area contributed by atoms with Crippen LogP contribution in [0.2, 0.25) is 0 Å². The molecule has 0 bridgehead atoms. The van der Waals surface area contributed by atoms with Gasteiger partial charge in [-0.1, -0.05) is 0 Å². The van der Waals surface area contributed by atoms with Crippen LogP contribution < -0.4 is 15.2 Å². The number of ether oxygens (including phenoxy) is 1. The van der Waals surface area contributed by atoms with Gasteiger partial charge in [-0.25, -0.2) is 13.4 Å². The average molecular weight is 299 g/mol. The predicted molar refractivity (Wildman–Crippen MR) is 73.9 cm³/mol. The van der Waals surface area contributed by atoms with Gasteiger partial charge in [0.15, 0.2) is 5.13 Å². The summed E-state index contributed by atoms with van der Waals surface area (Å²) in [5, 5.41) is 2.03. The highest BCUT2D eigenvalue weighted by Crippen LogP contribution is 2.20. The third kappa shape index (κ3) is 3.66. The number of nitrogens with two attached hydrogens (primary N) is 1. The second kappa shape index (κ2) is 6.00. The number of hydrogen-bond acceptors (Lipinski definition) is 6. The predicted octanol–water partition coefficient (Wildman–Crippen LogP) is 1.28. The van der Waals surface area contributed by atoms with Crippen LogP contribution in [0.3, 0.4) is 0 Å². The van der Waals surface area contributed by atoms with Gasteiger partial charge in [0, 0.05) is 18.1 Å². The second-order valence-corrected chi connectivity index (χ2v) is 6.13. The molecule has 0 saturated carbocycles. The van der Waals surface area contributed by atoms with E-state index in [-0.39, 0.29) is 4.90 Å². The van der Waals surface area contributed by atoms with Crippen molar-refractivity contribution in [2.45, 2.75) is 4.90 Å². The van der Waals surface area contributed by atoms with Crippen molar-refractivity contribution in [1.29, 1.82) is 0 Å². The van der Waals surface area contributed by atoms with Crippen molar-refractivity contribution >= 4 is 26.5 Å². The lowest BCUT2D eigenvalue weighted by molar-refractivity contribution is 0.328. The molecular formula is C11H13N3O3S2. The molecule has 0 aliphatic heterocycles. The van der Waals surface area contributed by atoms with E-state index >= 15 is 0 Å². The SMILES string of the molecule is NCCOc1ccc(S(=O)(=O)Nc2nccs2)cc1. The molecular weight excluding hydrogens is 286 g/mol. The van der Waals surface area contributed by atoms with Gasteiger partial charge in [-0.05, 0) is 24.3 Å². The first-order valence-electron chi connectivity index (χ1n) is 5.47. The Hall–Kier alpha value is -1.64. The highest BCUT2D eigenvalue weighted by Gasteiger charge is 2.15. The molecule has 6 nitrogen and oxygen atoms in total. The van der Waals surface area contributed by atoms with Crippen LogP contribution in [0.1, 0.15) is 0 Å². The van der Waals surface area contributed by atoms with Gasteiger partial charge in [-0.2, -0.15) is 0 Å². The van der Waals surface area contributed by atoms with Gasteiger partial charge in [0.1, 0.15) is 12.4 Å². The first kappa shape index (κ1) is 13.8. The molecule has 0 atom stereocenters. The summed E-state index contributed by atoms with van der Waals surface area (Å²) >= 11 is 1.22. The quantitative estimate of drug-likeness (QED) is 0.838. The first-order valence-corrected chi connectivity index (χ1v) is 7.83. The maximum atomic E-state index is 12.0. The molecule has 0 spiro atoms. The van der Waals surface area contributed by atoms with Gasteiger partial charge in [0.2, 0.25) is 0 Å². The fourth-order valence-corrected chi connectivity index (χ4v) is 3.13. The van der Waals surface area contributed by atoms with Crippen molar-refractivity contribution in [3.63, 3.8) is 0 Å². The van der Waals surface area contributed by atoms with E-state index in [1.54, 1.807) is 17.5 Å². The summed E-state index contributed by atoms with van der Waals surface area (Å²) in [5.41, 5.74) is 5.31. The third-order valence-electron chi connectivity index (χ3n) is 2.17. The van der Waals surface area contributed by atoms with Crippen LogP contribution in [0.15, 0.2) is 40.7 Å². The van der Waals surface area contributed by atoms with E-state index in [2.05, 4.69) is 9.71 Å². The summed E-state index contributed by atoms with van der Waals surface area (Å²) in [6, 6.07) is 6.13. The summed E-state index contributed by atoms with van der Waals surface area (Å²) < 4.78 is 31.7. The maximum absolute atomic E-state index is 12.0. The van der Waals surface area contributed by atoms with Gasteiger partial charge in [0.25, 0.3) is 10.0 Å². The number of nitrogens with one attached hydrogen (secondary N) is 1. The minimum absolute atomic E-state index is 0.155. The van der Waals surface area contributed by atoms with Gasteiger partial charge in [-0.15, -0.1) is 11.3 Å². The molecule has 0 aliphatic carbocycles. The summed E-state index contributed by atoms with van der Waals surface area (Å²) in [5.74, 6) is 0.582. The van der Waals surface area contributed by atoms with E-state index in [1.165, 1.54) is 29.7 Å². The van der Waals surface area contributed by atoms with Crippen LogP contribution in [0.5, 0.6) is 5.75 Å². The van der Waals surface area contributed by atoms with Crippen LogP contribution in [0, 0.1) is 0 Å². The first-order chi connectivity index (χ1) is 9.12. The highest BCUT2D eigenvalue weighted by atomic mass is 32.2. The van der Waals surface area contributed by atoms with Crippen LogP contribution in [0.4, 0.5) is 5.13 Å². The summed E-state index contributed by atoms with van der Waals surface area (Å²) in [6.45, 7) is 0.801. The van der Waals surface area contributed by atoms with E-state index in [9.17, 15) is 8.42 Å². The smallest absolute Gasteiger partial charge is 0.263 e. The van der Waals surface area contributed by atoms with E-state index in [4.69, 9.17) is 10.5 Å². The van der Waals surface area contributed by atoms with Gasteiger partial charge in [-0.3, -0.25) is 4.72 Å². The molecule has 3 N–H and O–H groups in total. The molecule has 0 amide bonds. The van der Waals surface area contributed by atoms with Crippen molar-refractivity contribution < 1.29 is 13.2 Å². The molecule has 2 rings (SSSR count). The van der Waals surface area contributed by atoms with E-state index in [0.29, 0.717) is 24.0 Å². The Morgan fingerprint density at radius 3 is 2.63 bits per heavy atom. The highest BCUT2D eigenvalue weighted by molar-refractivity contribution is 7.93. The molecule has 2 aromatic rings. The zero-order chi connectivity index (χ0) is 13.7. The Kier molecular flexibility index (Phi) is 4.35. The van der Waals surface area contributed by atoms with Gasteiger partial charge >= 0.3 is 0 Å². The van der Waals surface area contributed by atoms with Crippen molar-refractivity contribution in [3.05, 3.63) is 35.8 Å². The fourth-order valence-electron chi connectivity index (χ4n) is 1.34. The summed E-state index contributed by atoms with van der Waals surface area (Å²) in [4.78, 5) is 4.03. The van der Waals surface area contributed by atoms with Gasteiger partial charge < -0.3 is 10.5 Å². The van der Waals surface area contributed by atoms with Crippen LogP contribution in [0.25, 0.3) is 0 Å². The minimum atomic E-state index is -3.60. The Balaban J connectivity index is 2.12. The van der Waals surface area contributed by atoms with E-state index in [0.717, 1.165) is 0 Å². The average Bonchev–Trinajstić information content (AvgIpc) is 2.89. The molecule has 0 aliphatic rings. The van der Waals surface area contributed by atoms with Crippen molar-refractivity contribution in [1.82, 2.24) is 4.98 Å². The van der Waals surface area contributed by atoms with Crippen LogP contribution in [-0.4, -0.2) is 26.6 Å². The Bertz CT molecular complexity index is 609. The normalized spacial score (nSPS) is 11.2. The third-order valence-corrected chi connectivity index (χ3v) is 4.35. The lowest BCUT2D eigenvalue weighted by Crippen LogP contribution is -2.13. The zero-order valence-electron chi connectivity index (χ0n) is 9.94. The van der Waals surface area contributed by atoms with E-state index in [1.807, 2.05) is 0 Å². The second-order valence-electron chi connectivity index (χ2n) is 3.55. The van der Waals surface area contributed by atoms with Gasteiger partial charge in [0.05, 0.1) is 4.90 Å². The fraction of sp³-hybridized carbons (Fsp3) is 0.182. The monoisotopic (exact) mass is 299 g/mol. The number of hydrogen-bond donors (Lipinski definition) is 2. The number of aromatic nitrogens is 1. The van der Waals surface area contributed by atoms with Crippen LogP contribution in [-0.2, 0) is 10.0 Å². The molecule has 1 aromatic heterocycles. The van der Waals surface area contributed by atoms with Crippen molar-refractivity contribution in [3.8, 4) is 5.75 Å².